The molecule has 1 N–H and O–H groups in total. The van der Waals surface area contributed by atoms with Gasteiger partial charge < -0.3 is 0 Å². The van der Waals surface area contributed by atoms with Crippen LogP contribution < -0.4 is 5.43 Å². The number of fused-ring (bicyclic) bond motifs is 5. The lowest BCUT2D eigenvalue weighted by atomic mass is 9.85. The smallest absolute Gasteiger partial charge is 0.252 e. The van der Waals surface area contributed by atoms with E-state index in [1.165, 1.54) is 0 Å². The molecule has 0 spiro atoms. The molecule has 3 aliphatic rings. The minimum Gasteiger partial charge on any atom is -0.273 e. The van der Waals surface area contributed by atoms with E-state index in [0.717, 1.165) is 17.0 Å². The number of hydrogen-bond acceptors (Lipinski definition) is 3. The molecule has 22 heavy (non-hydrogen) atoms. The van der Waals surface area contributed by atoms with Gasteiger partial charge in [0.05, 0.1) is 18.3 Å². The molecule has 1 saturated heterocycles. The molecular formula is C17H16N2O3. The lowest BCUT2D eigenvalue weighted by Gasteiger charge is -2.17. The van der Waals surface area contributed by atoms with Crippen LogP contribution >= 0.6 is 0 Å². The Balaban J connectivity index is 1.47. The third kappa shape index (κ3) is 1.89. The summed E-state index contributed by atoms with van der Waals surface area (Å²) in [6, 6.07) is 9.25. The Hall–Kier alpha value is -2.43. The van der Waals surface area contributed by atoms with Crippen molar-refractivity contribution in [3.63, 3.8) is 0 Å². The summed E-state index contributed by atoms with van der Waals surface area (Å²) in [5.74, 6) is -1.10. The van der Waals surface area contributed by atoms with E-state index < -0.39 is 0 Å². The number of amides is 3. The van der Waals surface area contributed by atoms with Gasteiger partial charge in [0, 0.05) is 0 Å². The highest BCUT2D eigenvalue weighted by molar-refractivity contribution is 6.07. The molecule has 2 aliphatic carbocycles. The fraction of sp³-hybridized carbons (Fsp3) is 0.353. The average molecular weight is 296 g/mol. The summed E-state index contributed by atoms with van der Waals surface area (Å²) in [5.41, 5.74) is 3.34. The minimum atomic E-state index is -0.340. The second-order valence-corrected chi connectivity index (χ2v) is 6.21. The second kappa shape index (κ2) is 4.80. The van der Waals surface area contributed by atoms with Crippen LogP contribution in [0.4, 0.5) is 0 Å². The molecule has 0 aromatic heterocycles. The van der Waals surface area contributed by atoms with E-state index in [9.17, 15) is 14.4 Å². The summed E-state index contributed by atoms with van der Waals surface area (Å²) in [6.07, 6.45) is 5.11. The van der Waals surface area contributed by atoms with Gasteiger partial charge in [0.1, 0.15) is 0 Å². The first-order chi connectivity index (χ1) is 10.6. The monoisotopic (exact) mass is 296 g/mol. The predicted octanol–water partition coefficient (Wildman–Crippen LogP) is 1.07. The summed E-state index contributed by atoms with van der Waals surface area (Å²) >= 11 is 0. The molecule has 1 aliphatic heterocycles. The molecule has 112 valence electrons. The van der Waals surface area contributed by atoms with E-state index in [1.807, 2.05) is 42.5 Å². The van der Waals surface area contributed by atoms with E-state index in [2.05, 4.69) is 5.43 Å². The number of nitrogens with zero attached hydrogens (tertiary/aromatic N) is 1. The van der Waals surface area contributed by atoms with Crippen LogP contribution in [0.1, 0.15) is 12.0 Å². The SMILES string of the molecule is O=C(Cc1ccccc1)NN1C(=O)[C@@H]2[C@@H](C1=O)[C@@H]1C=C[C@@H]2C1. The Kier molecular flexibility index (Phi) is 2.89. The molecule has 4 atom stereocenters. The molecule has 1 heterocycles. The van der Waals surface area contributed by atoms with Crippen molar-refractivity contribution in [1.82, 2.24) is 10.4 Å². The molecule has 1 aromatic rings. The summed E-state index contributed by atoms with van der Waals surface area (Å²) < 4.78 is 0. The van der Waals surface area contributed by atoms with Crippen molar-refractivity contribution in [3.05, 3.63) is 48.0 Å². The van der Waals surface area contributed by atoms with Gasteiger partial charge in [-0.1, -0.05) is 42.5 Å². The Labute approximate surface area is 128 Å². The van der Waals surface area contributed by atoms with Crippen molar-refractivity contribution in [1.29, 1.82) is 0 Å². The van der Waals surface area contributed by atoms with Crippen LogP contribution in [0, 0.1) is 23.7 Å². The fourth-order valence-electron chi connectivity index (χ4n) is 3.96. The molecule has 1 aromatic carbocycles. The number of hydrazine groups is 1. The van der Waals surface area contributed by atoms with Crippen molar-refractivity contribution < 1.29 is 14.4 Å². The zero-order valence-corrected chi connectivity index (χ0v) is 11.9. The second-order valence-electron chi connectivity index (χ2n) is 6.21. The molecule has 2 fully saturated rings. The lowest BCUT2D eigenvalue weighted by Crippen LogP contribution is -2.47. The zero-order valence-electron chi connectivity index (χ0n) is 11.9. The van der Waals surface area contributed by atoms with Crippen molar-refractivity contribution in [2.75, 3.05) is 0 Å². The van der Waals surface area contributed by atoms with Gasteiger partial charge in [0.15, 0.2) is 0 Å². The van der Waals surface area contributed by atoms with Crippen LogP contribution in [0.5, 0.6) is 0 Å². The molecule has 1 saturated carbocycles. The third-order valence-electron chi connectivity index (χ3n) is 4.91. The van der Waals surface area contributed by atoms with E-state index in [4.69, 9.17) is 0 Å². The molecule has 5 heteroatoms. The number of benzene rings is 1. The summed E-state index contributed by atoms with van der Waals surface area (Å²) in [7, 11) is 0. The maximum atomic E-state index is 12.4. The Morgan fingerprint density at radius 2 is 1.64 bits per heavy atom. The number of hydrogen-bond donors (Lipinski definition) is 1. The summed E-state index contributed by atoms with van der Waals surface area (Å²) in [5, 5.41) is 0.951. The van der Waals surface area contributed by atoms with E-state index in [1.54, 1.807) is 0 Å². The number of carbonyl (C=O) groups is 3. The van der Waals surface area contributed by atoms with Crippen LogP contribution in [-0.4, -0.2) is 22.7 Å². The summed E-state index contributed by atoms with van der Waals surface area (Å²) in [6.45, 7) is 0. The van der Waals surface area contributed by atoms with Crippen LogP contribution in [0.3, 0.4) is 0 Å². The lowest BCUT2D eigenvalue weighted by molar-refractivity contribution is -0.149. The maximum Gasteiger partial charge on any atom is 0.252 e. The normalized spacial score (nSPS) is 31.7. The molecule has 3 amide bonds. The average Bonchev–Trinajstić information content (AvgIpc) is 3.18. The van der Waals surface area contributed by atoms with E-state index in [-0.39, 0.29) is 47.8 Å². The highest BCUT2D eigenvalue weighted by atomic mass is 16.2. The maximum absolute atomic E-state index is 12.4. The number of nitrogens with one attached hydrogen (secondary N) is 1. The van der Waals surface area contributed by atoms with Crippen molar-refractivity contribution in [2.45, 2.75) is 12.8 Å². The number of carbonyl (C=O) groups excluding carboxylic acids is 3. The van der Waals surface area contributed by atoms with Crippen LogP contribution in [0.15, 0.2) is 42.5 Å². The largest absolute Gasteiger partial charge is 0.273 e. The van der Waals surface area contributed by atoms with Gasteiger partial charge in [0.2, 0.25) is 5.91 Å². The summed E-state index contributed by atoms with van der Waals surface area (Å²) in [4.78, 5) is 36.9. The third-order valence-corrected chi connectivity index (χ3v) is 4.91. The molecule has 0 radical (unpaired) electrons. The van der Waals surface area contributed by atoms with Gasteiger partial charge in [-0.15, -0.1) is 0 Å². The van der Waals surface area contributed by atoms with Crippen LogP contribution in [0.2, 0.25) is 0 Å². The van der Waals surface area contributed by atoms with Gasteiger partial charge in [-0.2, -0.15) is 5.01 Å². The van der Waals surface area contributed by atoms with Gasteiger partial charge in [0.25, 0.3) is 11.8 Å². The van der Waals surface area contributed by atoms with Crippen molar-refractivity contribution >= 4 is 17.7 Å². The van der Waals surface area contributed by atoms with Gasteiger partial charge in [-0.25, -0.2) is 0 Å². The standard InChI is InChI=1S/C17H16N2O3/c20-13(8-10-4-2-1-3-5-10)18-19-16(21)14-11-6-7-12(9-11)15(14)17(19)22/h1-7,11-12,14-15H,8-9H2,(H,18,20)/t11-,12-,14+,15+/m1/s1. The van der Waals surface area contributed by atoms with Gasteiger partial charge >= 0.3 is 0 Å². The molecule has 4 rings (SSSR count). The molecule has 5 nitrogen and oxygen atoms in total. The minimum absolute atomic E-state index is 0.151. The molecule has 2 bridgehead atoms. The number of imide groups is 1. The fourth-order valence-corrected chi connectivity index (χ4v) is 3.96. The Bertz CT molecular complexity index is 652. The van der Waals surface area contributed by atoms with Crippen LogP contribution in [-0.2, 0) is 20.8 Å². The van der Waals surface area contributed by atoms with Crippen LogP contribution in [0.25, 0.3) is 0 Å². The van der Waals surface area contributed by atoms with Gasteiger partial charge in [-0.05, 0) is 23.8 Å². The zero-order chi connectivity index (χ0) is 15.3. The Morgan fingerprint density at radius 3 is 2.23 bits per heavy atom. The topological polar surface area (TPSA) is 66.5 Å². The first kappa shape index (κ1) is 13.2. The van der Waals surface area contributed by atoms with Gasteiger partial charge in [-0.3, -0.25) is 19.8 Å². The number of rotatable bonds is 3. The first-order valence-electron chi connectivity index (χ1n) is 7.54. The quantitative estimate of drug-likeness (QED) is 0.670. The molecular weight excluding hydrogens is 280 g/mol. The Morgan fingerprint density at radius 1 is 1.05 bits per heavy atom. The first-order valence-corrected chi connectivity index (χ1v) is 7.54. The highest BCUT2D eigenvalue weighted by Gasteiger charge is 2.59. The van der Waals surface area contributed by atoms with Crippen molar-refractivity contribution in [2.24, 2.45) is 23.7 Å². The number of allylic oxidation sites excluding steroid dienone is 2. The van der Waals surface area contributed by atoms with Crippen molar-refractivity contribution in [3.8, 4) is 0 Å². The van der Waals surface area contributed by atoms with E-state index >= 15 is 0 Å². The predicted molar refractivity (Wildman–Crippen MR) is 77.9 cm³/mol. The van der Waals surface area contributed by atoms with E-state index in [0.29, 0.717) is 0 Å². The highest BCUT2D eigenvalue weighted by Crippen LogP contribution is 2.52. The molecule has 0 unspecified atom stereocenters.